The minimum Gasteiger partial charge on any atom is -0.322 e. The maximum absolute atomic E-state index is 13.2. The molecule has 0 aliphatic heterocycles. The molecule has 2 amide bonds. The number of rotatable bonds is 5. The standard InChI is InChI=1S/C26H21ClN2O2/c1-2-29(24-9-5-7-18-6-3-4-8-23(18)24)26(31)20-12-16-22(17-13-20)28-25(30)19-10-14-21(27)15-11-19/h3-17H,2H2,1H3,(H,28,30). The van der Waals surface area contributed by atoms with Crippen molar-refractivity contribution in [3.8, 4) is 0 Å². The number of nitrogens with one attached hydrogen (secondary N) is 1. The van der Waals surface area contributed by atoms with Crippen molar-refractivity contribution in [2.75, 3.05) is 16.8 Å². The van der Waals surface area contributed by atoms with Gasteiger partial charge in [-0.15, -0.1) is 0 Å². The summed E-state index contributed by atoms with van der Waals surface area (Å²) in [5.74, 6) is -0.323. The molecule has 0 spiro atoms. The highest BCUT2D eigenvalue weighted by atomic mass is 35.5. The lowest BCUT2D eigenvalue weighted by Gasteiger charge is -2.23. The van der Waals surface area contributed by atoms with Gasteiger partial charge in [0.25, 0.3) is 11.8 Å². The molecule has 0 unspecified atom stereocenters. The quantitative estimate of drug-likeness (QED) is 0.399. The molecule has 31 heavy (non-hydrogen) atoms. The van der Waals surface area contributed by atoms with Crippen LogP contribution in [0.15, 0.2) is 91.0 Å². The topological polar surface area (TPSA) is 49.4 Å². The van der Waals surface area contributed by atoms with E-state index in [-0.39, 0.29) is 11.8 Å². The fraction of sp³-hybridized carbons (Fsp3) is 0.0769. The van der Waals surface area contributed by atoms with Gasteiger partial charge in [0.05, 0.1) is 5.69 Å². The second-order valence-electron chi connectivity index (χ2n) is 7.09. The summed E-state index contributed by atoms with van der Waals surface area (Å²) in [5, 5.41) is 5.53. The second kappa shape index (κ2) is 9.02. The first-order valence-corrected chi connectivity index (χ1v) is 10.4. The molecule has 0 aliphatic rings. The zero-order valence-corrected chi connectivity index (χ0v) is 17.8. The fourth-order valence-corrected chi connectivity index (χ4v) is 3.65. The maximum Gasteiger partial charge on any atom is 0.258 e. The molecule has 1 N–H and O–H groups in total. The third-order valence-electron chi connectivity index (χ3n) is 5.11. The Morgan fingerprint density at radius 1 is 0.806 bits per heavy atom. The summed E-state index contributed by atoms with van der Waals surface area (Å²) in [6.07, 6.45) is 0. The Labute approximate surface area is 186 Å². The first-order valence-electron chi connectivity index (χ1n) is 10.0. The Morgan fingerprint density at radius 3 is 2.16 bits per heavy atom. The molecule has 0 aromatic heterocycles. The third kappa shape index (κ3) is 4.44. The van der Waals surface area contributed by atoms with Crippen LogP contribution < -0.4 is 10.2 Å². The smallest absolute Gasteiger partial charge is 0.258 e. The minimum atomic E-state index is -0.235. The Morgan fingerprint density at radius 2 is 1.45 bits per heavy atom. The van der Waals surface area contributed by atoms with E-state index in [9.17, 15) is 9.59 Å². The second-order valence-corrected chi connectivity index (χ2v) is 7.52. The van der Waals surface area contributed by atoms with Crippen molar-refractivity contribution in [2.45, 2.75) is 6.92 Å². The lowest BCUT2D eigenvalue weighted by atomic mass is 10.1. The van der Waals surface area contributed by atoms with E-state index in [1.54, 1.807) is 53.4 Å². The molecule has 4 nitrogen and oxygen atoms in total. The summed E-state index contributed by atoms with van der Waals surface area (Å²) in [6, 6.07) is 27.6. The van der Waals surface area contributed by atoms with Gasteiger partial charge in [0.2, 0.25) is 0 Å². The minimum absolute atomic E-state index is 0.0885. The first kappa shape index (κ1) is 20.6. The van der Waals surface area contributed by atoms with E-state index in [1.807, 2.05) is 49.4 Å². The summed E-state index contributed by atoms with van der Waals surface area (Å²) in [5.41, 5.74) is 2.56. The van der Waals surface area contributed by atoms with Crippen LogP contribution in [0.4, 0.5) is 11.4 Å². The number of nitrogens with zero attached hydrogens (tertiary/aromatic N) is 1. The first-order chi connectivity index (χ1) is 15.1. The van der Waals surface area contributed by atoms with Crippen LogP contribution in [0.25, 0.3) is 10.8 Å². The van der Waals surface area contributed by atoms with E-state index in [0.29, 0.717) is 28.4 Å². The van der Waals surface area contributed by atoms with Gasteiger partial charge in [-0.2, -0.15) is 0 Å². The van der Waals surface area contributed by atoms with Crippen LogP contribution in [0.2, 0.25) is 5.02 Å². The molecule has 0 fully saturated rings. The van der Waals surface area contributed by atoms with Crippen LogP contribution in [0.1, 0.15) is 27.6 Å². The Bertz CT molecular complexity index is 1230. The Balaban J connectivity index is 1.54. The molecule has 4 aromatic carbocycles. The van der Waals surface area contributed by atoms with Crippen molar-refractivity contribution >= 4 is 45.6 Å². The monoisotopic (exact) mass is 428 g/mol. The summed E-state index contributed by atoms with van der Waals surface area (Å²) in [6.45, 7) is 2.50. The van der Waals surface area contributed by atoms with Crippen molar-refractivity contribution in [2.24, 2.45) is 0 Å². The highest BCUT2D eigenvalue weighted by Crippen LogP contribution is 2.28. The molecule has 0 saturated carbocycles. The lowest BCUT2D eigenvalue weighted by Crippen LogP contribution is -2.30. The summed E-state index contributed by atoms with van der Waals surface area (Å²) in [7, 11) is 0. The summed E-state index contributed by atoms with van der Waals surface area (Å²) < 4.78 is 0. The van der Waals surface area contributed by atoms with E-state index in [4.69, 9.17) is 11.6 Å². The number of amides is 2. The molecular weight excluding hydrogens is 408 g/mol. The average Bonchev–Trinajstić information content (AvgIpc) is 2.80. The molecular formula is C26H21ClN2O2. The number of anilines is 2. The van der Waals surface area contributed by atoms with E-state index < -0.39 is 0 Å². The van der Waals surface area contributed by atoms with Crippen LogP contribution in [-0.4, -0.2) is 18.4 Å². The van der Waals surface area contributed by atoms with Gasteiger partial charge >= 0.3 is 0 Å². The average molecular weight is 429 g/mol. The van der Waals surface area contributed by atoms with Crippen LogP contribution in [0, 0.1) is 0 Å². The predicted molar refractivity (Wildman–Crippen MR) is 127 cm³/mol. The van der Waals surface area contributed by atoms with E-state index in [1.165, 1.54) is 0 Å². The SMILES string of the molecule is CCN(C(=O)c1ccc(NC(=O)c2ccc(Cl)cc2)cc1)c1cccc2ccccc12. The number of benzene rings is 4. The lowest BCUT2D eigenvalue weighted by molar-refractivity contribution is 0.0987. The van der Waals surface area contributed by atoms with Crippen molar-refractivity contribution < 1.29 is 9.59 Å². The number of halogens is 1. The Kier molecular flexibility index (Phi) is 6.01. The molecule has 0 saturated heterocycles. The fourth-order valence-electron chi connectivity index (χ4n) is 3.52. The van der Waals surface area contributed by atoms with Gasteiger partial charge in [-0.05, 0) is 66.9 Å². The van der Waals surface area contributed by atoms with Crippen LogP contribution in [-0.2, 0) is 0 Å². The van der Waals surface area contributed by atoms with Gasteiger partial charge in [-0.1, -0.05) is 48.0 Å². The number of fused-ring (bicyclic) bond motifs is 1. The van der Waals surface area contributed by atoms with Gasteiger partial charge in [0, 0.05) is 33.8 Å². The van der Waals surface area contributed by atoms with Crippen molar-refractivity contribution in [1.29, 1.82) is 0 Å². The highest BCUT2D eigenvalue weighted by Gasteiger charge is 2.18. The van der Waals surface area contributed by atoms with Gasteiger partial charge in [0.1, 0.15) is 0 Å². The molecule has 0 radical (unpaired) electrons. The van der Waals surface area contributed by atoms with Crippen LogP contribution >= 0.6 is 11.6 Å². The number of carbonyl (C=O) groups excluding carboxylic acids is 2. The van der Waals surface area contributed by atoms with Crippen molar-refractivity contribution in [3.05, 3.63) is 107 Å². The molecule has 4 rings (SSSR count). The molecule has 154 valence electrons. The molecule has 0 atom stereocenters. The normalized spacial score (nSPS) is 10.6. The molecule has 5 heteroatoms. The van der Waals surface area contributed by atoms with Crippen LogP contribution in [0.5, 0.6) is 0 Å². The highest BCUT2D eigenvalue weighted by molar-refractivity contribution is 6.30. The number of carbonyl (C=O) groups is 2. The largest absolute Gasteiger partial charge is 0.322 e. The number of hydrogen-bond donors (Lipinski definition) is 1. The molecule has 0 aliphatic carbocycles. The predicted octanol–water partition coefficient (Wildman–Crippen LogP) is 6.41. The zero-order valence-electron chi connectivity index (χ0n) is 17.0. The van der Waals surface area contributed by atoms with Crippen molar-refractivity contribution in [3.63, 3.8) is 0 Å². The summed E-state index contributed by atoms with van der Waals surface area (Å²) >= 11 is 5.87. The maximum atomic E-state index is 13.2. The molecule has 0 heterocycles. The Hall–Kier alpha value is -3.63. The zero-order chi connectivity index (χ0) is 21.8. The van der Waals surface area contributed by atoms with Gasteiger partial charge < -0.3 is 10.2 Å². The third-order valence-corrected chi connectivity index (χ3v) is 5.37. The van der Waals surface area contributed by atoms with E-state index >= 15 is 0 Å². The van der Waals surface area contributed by atoms with Gasteiger partial charge in [-0.3, -0.25) is 9.59 Å². The van der Waals surface area contributed by atoms with E-state index in [0.717, 1.165) is 16.5 Å². The summed E-state index contributed by atoms with van der Waals surface area (Å²) in [4.78, 5) is 27.4. The number of hydrogen-bond acceptors (Lipinski definition) is 2. The van der Waals surface area contributed by atoms with Gasteiger partial charge in [0.15, 0.2) is 0 Å². The van der Waals surface area contributed by atoms with Crippen molar-refractivity contribution in [1.82, 2.24) is 0 Å². The van der Waals surface area contributed by atoms with E-state index in [2.05, 4.69) is 5.32 Å². The van der Waals surface area contributed by atoms with Gasteiger partial charge in [-0.25, -0.2) is 0 Å². The molecule has 0 bridgehead atoms. The molecule has 4 aromatic rings. The van der Waals surface area contributed by atoms with Crippen LogP contribution in [0.3, 0.4) is 0 Å².